The minimum Gasteiger partial charge on any atom is -0.394 e. The molecule has 4 N–H and O–H groups in total. The summed E-state index contributed by atoms with van der Waals surface area (Å²) in [5.41, 5.74) is 0. The maximum Gasteiger partial charge on any atom is 0.220 e. The maximum atomic E-state index is 12.4. The van der Waals surface area contributed by atoms with Crippen LogP contribution in [0.3, 0.4) is 0 Å². The van der Waals surface area contributed by atoms with Crippen molar-refractivity contribution < 1.29 is 20.1 Å². The molecule has 278 valence electrons. The summed E-state index contributed by atoms with van der Waals surface area (Å²) in [6, 6.07) is -0.823. The molecule has 0 aromatic rings. The summed E-state index contributed by atoms with van der Waals surface area (Å²) in [7, 11) is 0. The van der Waals surface area contributed by atoms with Gasteiger partial charge >= 0.3 is 0 Å². The van der Waals surface area contributed by atoms with E-state index in [-0.39, 0.29) is 12.5 Å². The molecule has 0 aliphatic rings. The highest BCUT2D eigenvalue weighted by molar-refractivity contribution is 5.76. The number of carbonyl (C=O) groups is 1. The van der Waals surface area contributed by atoms with Crippen molar-refractivity contribution in [2.75, 3.05) is 6.61 Å². The molecule has 0 bridgehead atoms. The molecule has 5 heteroatoms. The molecular weight excluding hydrogens is 582 g/mol. The van der Waals surface area contributed by atoms with Crippen LogP contribution in [0.4, 0.5) is 0 Å². The molecule has 0 saturated carbocycles. The van der Waals surface area contributed by atoms with Gasteiger partial charge in [-0.05, 0) is 64.2 Å². The zero-order valence-electron chi connectivity index (χ0n) is 31.4. The molecule has 0 aliphatic carbocycles. The number of amides is 1. The van der Waals surface area contributed by atoms with Crippen molar-refractivity contribution >= 4 is 5.91 Å². The van der Waals surface area contributed by atoms with Crippen LogP contribution in [-0.4, -0.2) is 46.1 Å². The Bertz CT molecular complexity index is 694. The van der Waals surface area contributed by atoms with Crippen molar-refractivity contribution in [1.82, 2.24) is 5.32 Å². The van der Waals surface area contributed by atoms with Gasteiger partial charge in [0.25, 0.3) is 0 Å². The van der Waals surface area contributed by atoms with Crippen molar-refractivity contribution in [3.8, 4) is 0 Å². The van der Waals surface area contributed by atoms with E-state index in [4.69, 9.17) is 0 Å². The molecule has 0 fully saturated rings. The van der Waals surface area contributed by atoms with Crippen LogP contribution in [0.2, 0.25) is 0 Å². The van der Waals surface area contributed by atoms with Gasteiger partial charge in [0.2, 0.25) is 5.91 Å². The average molecular weight is 664 g/mol. The minimum absolute atomic E-state index is 0.159. The second kappa shape index (κ2) is 37.6. The highest BCUT2D eigenvalue weighted by atomic mass is 16.3. The van der Waals surface area contributed by atoms with Crippen LogP contribution >= 0.6 is 0 Å². The Balaban J connectivity index is 3.59. The lowest BCUT2D eigenvalue weighted by Crippen LogP contribution is -2.50. The highest BCUT2D eigenvalue weighted by Crippen LogP contribution is 2.15. The molecule has 0 aromatic heterocycles. The fraction of sp³-hybridized carbons (Fsp3) is 0.881. The Hall–Kier alpha value is -1.17. The predicted molar refractivity (Wildman–Crippen MR) is 204 cm³/mol. The van der Waals surface area contributed by atoms with Crippen LogP contribution in [-0.2, 0) is 4.79 Å². The molecule has 0 rings (SSSR count). The molecule has 0 aliphatic heterocycles. The molecule has 47 heavy (non-hydrogen) atoms. The normalized spacial score (nSPS) is 13.9. The predicted octanol–water partition coefficient (Wildman–Crippen LogP) is 11.4. The van der Waals surface area contributed by atoms with E-state index < -0.39 is 18.2 Å². The number of nitrogens with one attached hydrogen (secondary N) is 1. The third-order valence-corrected chi connectivity index (χ3v) is 9.53. The molecule has 0 saturated heterocycles. The van der Waals surface area contributed by atoms with Crippen LogP contribution in [0.25, 0.3) is 0 Å². The van der Waals surface area contributed by atoms with Crippen LogP contribution in [0, 0.1) is 0 Å². The maximum absolute atomic E-state index is 12.4. The lowest BCUT2D eigenvalue weighted by Gasteiger charge is -2.26. The van der Waals surface area contributed by atoms with Crippen LogP contribution in [0.1, 0.15) is 213 Å². The third-order valence-electron chi connectivity index (χ3n) is 9.53. The monoisotopic (exact) mass is 664 g/mol. The zero-order valence-corrected chi connectivity index (χ0v) is 31.4. The van der Waals surface area contributed by atoms with Gasteiger partial charge in [0.05, 0.1) is 18.8 Å². The fourth-order valence-corrected chi connectivity index (χ4v) is 6.27. The summed E-state index contributed by atoms with van der Waals surface area (Å²) >= 11 is 0. The minimum atomic E-state index is -1.16. The standard InChI is InChI=1S/C42H81NO4/c1-3-5-7-9-11-13-14-15-16-17-18-19-20-21-22-23-24-25-26-27-29-31-33-35-37-41(46)43-39(38-44)42(47)40(45)36-34-32-30-28-12-10-8-6-4-2/h21-22,28,30,39-40,42,44-45,47H,3-20,23-27,29,31-38H2,1-2H3,(H,43,46)/b22-21-,30-28+. The van der Waals surface area contributed by atoms with E-state index in [1.54, 1.807) is 0 Å². The van der Waals surface area contributed by atoms with Gasteiger partial charge in [-0.2, -0.15) is 0 Å². The van der Waals surface area contributed by atoms with Gasteiger partial charge in [0, 0.05) is 6.42 Å². The molecule has 3 atom stereocenters. The number of hydrogen-bond acceptors (Lipinski definition) is 4. The van der Waals surface area contributed by atoms with Crippen molar-refractivity contribution in [1.29, 1.82) is 0 Å². The van der Waals surface area contributed by atoms with E-state index in [9.17, 15) is 20.1 Å². The molecule has 0 radical (unpaired) electrons. The van der Waals surface area contributed by atoms with Gasteiger partial charge in [-0.15, -0.1) is 0 Å². The fourth-order valence-electron chi connectivity index (χ4n) is 6.27. The van der Waals surface area contributed by atoms with E-state index in [0.29, 0.717) is 12.8 Å². The van der Waals surface area contributed by atoms with E-state index in [2.05, 4.69) is 43.5 Å². The van der Waals surface area contributed by atoms with Crippen molar-refractivity contribution in [3.05, 3.63) is 24.3 Å². The first-order chi connectivity index (χ1) is 23.1. The summed E-state index contributed by atoms with van der Waals surface area (Å²) < 4.78 is 0. The SMILES string of the molecule is CCCCCC/C=C/CCCC(O)C(O)C(CO)NC(=O)CCCCCCCCCC/C=C\CCCCCCCCCCCCCC. The zero-order chi connectivity index (χ0) is 34.5. The van der Waals surface area contributed by atoms with Crippen LogP contribution in [0.5, 0.6) is 0 Å². The van der Waals surface area contributed by atoms with E-state index in [1.807, 2.05) is 0 Å². The van der Waals surface area contributed by atoms with Crippen molar-refractivity contribution in [3.63, 3.8) is 0 Å². The number of allylic oxidation sites excluding steroid dienone is 4. The second-order valence-corrected chi connectivity index (χ2v) is 14.2. The van der Waals surface area contributed by atoms with Gasteiger partial charge < -0.3 is 20.6 Å². The molecule has 0 spiro atoms. The first-order valence-electron chi connectivity index (χ1n) is 20.6. The van der Waals surface area contributed by atoms with Gasteiger partial charge in [-0.25, -0.2) is 0 Å². The topological polar surface area (TPSA) is 89.8 Å². The van der Waals surface area contributed by atoms with Gasteiger partial charge in [0.1, 0.15) is 6.10 Å². The summed E-state index contributed by atoms with van der Waals surface area (Å²) in [4.78, 5) is 12.4. The molecule has 5 nitrogen and oxygen atoms in total. The summed E-state index contributed by atoms with van der Waals surface area (Å²) in [5.74, 6) is -0.159. The molecule has 0 aromatic carbocycles. The lowest BCUT2D eigenvalue weighted by atomic mass is 10.0. The van der Waals surface area contributed by atoms with Gasteiger partial charge in [0.15, 0.2) is 0 Å². The number of aliphatic hydroxyl groups is 3. The van der Waals surface area contributed by atoms with E-state index in [1.165, 1.54) is 148 Å². The Labute approximate surface area is 292 Å². The Morgan fingerprint density at radius 2 is 0.851 bits per heavy atom. The van der Waals surface area contributed by atoms with Crippen LogP contribution < -0.4 is 5.32 Å². The van der Waals surface area contributed by atoms with Crippen LogP contribution in [0.15, 0.2) is 24.3 Å². The smallest absolute Gasteiger partial charge is 0.220 e. The van der Waals surface area contributed by atoms with Gasteiger partial charge in [-0.1, -0.05) is 167 Å². The summed E-state index contributed by atoms with van der Waals surface area (Å²) in [6.45, 7) is 4.12. The Kier molecular flexibility index (Phi) is 36.7. The number of rotatable bonds is 37. The number of aliphatic hydroxyl groups excluding tert-OH is 3. The van der Waals surface area contributed by atoms with E-state index in [0.717, 1.165) is 38.5 Å². The highest BCUT2D eigenvalue weighted by Gasteiger charge is 2.26. The number of carbonyl (C=O) groups excluding carboxylic acids is 1. The Morgan fingerprint density at radius 1 is 0.511 bits per heavy atom. The second-order valence-electron chi connectivity index (χ2n) is 14.2. The third kappa shape index (κ3) is 33.1. The molecule has 3 unspecified atom stereocenters. The Morgan fingerprint density at radius 3 is 1.26 bits per heavy atom. The first-order valence-corrected chi connectivity index (χ1v) is 20.6. The van der Waals surface area contributed by atoms with E-state index >= 15 is 0 Å². The quantitative estimate of drug-likeness (QED) is 0.0393. The van der Waals surface area contributed by atoms with Gasteiger partial charge in [-0.3, -0.25) is 4.79 Å². The first kappa shape index (κ1) is 45.8. The molecule has 1 amide bonds. The van der Waals surface area contributed by atoms with Crippen molar-refractivity contribution in [2.24, 2.45) is 0 Å². The van der Waals surface area contributed by atoms with Crippen molar-refractivity contribution in [2.45, 2.75) is 231 Å². The summed E-state index contributed by atoms with van der Waals surface area (Å²) in [6.07, 6.45) is 44.4. The average Bonchev–Trinajstić information content (AvgIpc) is 3.07. The number of unbranched alkanes of at least 4 members (excludes halogenated alkanes) is 25. The lowest BCUT2D eigenvalue weighted by molar-refractivity contribution is -0.124. The number of hydrogen-bond donors (Lipinski definition) is 4. The molecule has 0 heterocycles. The molecular formula is C42H81NO4. The largest absolute Gasteiger partial charge is 0.394 e. The summed E-state index contributed by atoms with van der Waals surface area (Å²) in [5, 5.41) is 33.2.